The number of aliphatic hydroxyl groups is 1. The Morgan fingerprint density at radius 3 is 2.44 bits per heavy atom. The Morgan fingerprint density at radius 1 is 1.38 bits per heavy atom. The van der Waals surface area contributed by atoms with Gasteiger partial charge in [-0.25, -0.2) is 8.42 Å². The van der Waals surface area contributed by atoms with E-state index < -0.39 is 21.9 Å². The Kier molecular flexibility index (Phi) is 4.69. The molecule has 94 valence electrons. The number of sulfone groups is 1. The van der Waals surface area contributed by atoms with Gasteiger partial charge in [0, 0.05) is 12.6 Å². The molecule has 0 aromatic heterocycles. The Bertz CT molecular complexity index is 326. The Balaban J connectivity index is 2.22. The highest BCUT2D eigenvalue weighted by Gasteiger charge is 2.23. The normalized spacial score (nSPS) is 22.8. The lowest BCUT2D eigenvalue weighted by molar-refractivity contribution is -0.139. The van der Waals surface area contributed by atoms with Crippen LogP contribution in [-0.2, 0) is 14.6 Å². The second-order valence-electron chi connectivity index (χ2n) is 4.09. The molecule has 0 spiro atoms. The molecule has 1 unspecified atom stereocenters. The maximum absolute atomic E-state index is 11.1. The fraction of sp³-hybridized carbons (Fsp3) is 0.889. The summed E-state index contributed by atoms with van der Waals surface area (Å²) in [5, 5.41) is 20.7. The first-order chi connectivity index (χ1) is 7.39. The summed E-state index contributed by atoms with van der Waals surface area (Å²) in [5.74, 6) is -0.708. The van der Waals surface area contributed by atoms with Crippen molar-refractivity contribution in [3.8, 4) is 0 Å². The summed E-state index contributed by atoms with van der Waals surface area (Å²) in [7, 11) is -2.87. The van der Waals surface area contributed by atoms with Crippen LogP contribution in [0.2, 0.25) is 0 Å². The van der Waals surface area contributed by atoms with Gasteiger partial charge < -0.3 is 15.5 Å². The van der Waals surface area contributed by atoms with Crippen LogP contribution in [0.1, 0.15) is 19.3 Å². The van der Waals surface area contributed by atoms with Gasteiger partial charge in [-0.15, -0.1) is 0 Å². The van der Waals surface area contributed by atoms with Crippen LogP contribution in [0.4, 0.5) is 0 Å². The van der Waals surface area contributed by atoms with Crippen molar-refractivity contribution in [2.75, 3.05) is 18.1 Å². The summed E-state index contributed by atoms with van der Waals surface area (Å²) >= 11 is 0. The zero-order valence-corrected chi connectivity index (χ0v) is 9.74. The summed E-state index contributed by atoms with van der Waals surface area (Å²) in [5.41, 5.74) is 0. The van der Waals surface area contributed by atoms with Gasteiger partial charge in [-0.2, -0.15) is 0 Å². The predicted octanol–water partition coefficient (Wildman–Crippen LogP) is -1.01. The number of carboxylic acid groups (broad SMARTS) is 1. The number of nitrogens with one attached hydrogen (secondary N) is 1. The van der Waals surface area contributed by atoms with Gasteiger partial charge in [-0.05, 0) is 12.8 Å². The quantitative estimate of drug-likeness (QED) is 0.578. The molecule has 0 radical (unpaired) electrons. The summed E-state index contributed by atoms with van der Waals surface area (Å²) < 4.78 is 22.2. The minimum atomic E-state index is -2.87. The lowest BCUT2D eigenvalue weighted by atomic mass is 10.1. The molecule has 1 aliphatic rings. The van der Waals surface area contributed by atoms with Crippen LogP contribution in [0.5, 0.6) is 0 Å². The van der Waals surface area contributed by atoms with Crippen molar-refractivity contribution in [2.45, 2.75) is 31.4 Å². The van der Waals surface area contributed by atoms with Crippen molar-refractivity contribution in [3.63, 3.8) is 0 Å². The molecule has 16 heavy (non-hydrogen) atoms. The highest BCUT2D eigenvalue weighted by atomic mass is 32.2. The number of carbonyl (C=O) groups is 1. The molecule has 0 bridgehead atoms. The molecule has 6 nitrogen and oxygen atoms in total. The van der Waals surface area contributed by atoms with E-state index in [4.69, 9.17) is 5.11 Å². The number of rotatable bonds is 5. The molecule has 1 atom stereocenters. The van der Waals surface area contributed by atoms with E-state index in [1.165, 1.54) is 0 Å². The lowest BCUT2D eigenvalue weighted by Crippen LogP contribution is -2.41. The van der Waals surface area contributed by atoms with Gasteiger partial charge in [0.2, 0.25) is 0 Å². The molecule has 1 heterocycles. The van der Waals surface area contributed by atoms with Crippen LogP contribution in [0.25, 0.3) is 0 Å². The van der Waals surface area contributed by atoms with Crippen molar-refractivity contribution < 1.29 is 23.4 Å². The largest absolute Gasteiger partial charge is 0.481 e. The van der Waals surface area contributed by atoms with Crippen LogP contribution < -0.4 is 5.32 Å². The van der Waals surface area contributed by atoms with Crippen LogP contribution in [0.15, 0.2) is 0 Å². The van der Waals surface area contributed by atoms with E-state index >= 15 is 0 Å². The van der Waals surface area contributed by atoms with Gasteiger partial charge in [0.1, 0.15) is 9.84 Å². The summed E-state index contributed by atoms with van der Waals surface area (Å²) in [6.07, 6.45) is -0.154. The smallest absolute Gasteiger partial charge is 0.306 e. The number of carboxylic acids is 1. The number of aliphatic carboxylic acids is 1. The van der Waals surface area contributed by atoms with E-state index in [0.29, 0.717) is 12.8 Å². The molecular formula is C9H17NO5S. The van der Waals surface area contributed by atoms with Gasteiger partial charge in [0.25, 0.3) is 0 Å². The highest BCUT2D eigenvalue weighted by Crippen LogP contribution is 2.12. The molecule has 0 aromatic carbocycles. The second-order valence-corrected chi connectivity index (χ2v) is 6.39. The molecule has 0 amide bonds. The van der Waals surface area contributed by atoms with E-state index in [1.807, 2.05) is 0 Å². The molecular weight excluding hydrogens is 234 g/mol. The summed E-state index contributed by atoms with van der Waals surface area (Å²) in [6.45, 7) is 0.191. The number of hydrogen-bond acceptors (Lipinski definition) is 5. The minimum absolute atomic E-state index is 0.0620. The molecule has 3 N–H and O–H groups in total. The molecule has 0 aliphatic carbocycles. The van der Waals surface area contributed by atoms with E-state index in [0.717, 1.165) is 0 Å². The highest BCUT2D eigenvalue weighted by molar-refractivity contribution is 7.91. The second kappa shape index (κ2) is 5.60. The van der Waals surface area contributed by atoms with E-state index in [2.05, 4.69) is 5.32 Å². The molecule has 7 heteroatoms. The molecule has 1 fully saturated rings. The Hall–Kier alpha value is -0.660. The third-order valence-corrected chi connectivity index (χ3v) is 4.32. The van der Waals surface area contributed by atoms with Gasteiger partial charge in [-0.1, -0.05) is 0 Å². The SMILES string of the molecule is O=C(O)CC(O)CNC1CCS(=O)(=O)CC1. The molecule has 0 aromatic rings. The van der Waals surface area contributed by atoms with Crippen LogP contribution >= 0.6 is 0 Å². The van der Waals surface area contributed by atoms with Crippen LogP contribution in [0.3, 0.4) is 0 Å². The third-order valence-electron chi connectivity index (χ3n) is 2.61. The fourth-order valence-corrected chi connectivity index (χ4v) is 3.16. The Labute approximate surface area is 94.6 Å². The van der Waals surface area contributed by atoms with E-state index in [1.54, 1.807) is 0 Å². The fourth-order valence-electron chi connectivity index (χ4n) is 1.67. The predicted molar refractivity (Wildman–Crippen MR) is 57.9 cm³/mol. The van der Waals surface area contributed by atoms with Gasteiger partial charge in [-0.3, -0.25) is 4.79 Å². The van der Waals surface area contributed by atoms with E-state index in [9.17, 15) is 18.3 Å². The first-order valence-electron chi connectivity index (χ1n) is 5.23. The molecule has 1 saturated heterocycles. The number of aliphatic hydroxyl groups excluding tert-OH is 1. The van der Waals surface area contributed by atoms with Gasteiger partial charge in [0.15, 0.2) is 0 Å². The van der Waals surface area contributed by atoms with Crippen molar-refractivity contribution in [1.82, 2.24) is 5.32 Å². The summed E-state index contributed by atoms with van der Waals surface area (Å²) in [4.78, 5) is 10.3. The van der Waals surface area contributed by atoms with Gasteiger partial charge in [0.05, 0.1) is 24.0 Å². The van der Waals surface area contributed by atoms with Crippen molar-refractivity contribution >= 4 is 15.8 Å². The van der Waals surface area contributed by atoms with Crippen molar-refractivity contribution in [3.05, 3.63) is 0 Å². The van der Waals surface area contributed by atoms with E-state index in [-0.39, 0.29) is 30.5 Å². The van der Waals surface area contributed by atoms with Crippen LogP contribution in [-0.4, -0.2) is 54.8 Å². The summed E-state index contributed by atoms with van der Waals surface area (Å²) in [6, 6.07) is 0.0620. The first-order valence-corrected chi connectivity index (χ1v) is 7.05. The zero-order valence-electron chi connectivity index (χ0n) is 8.92. The standard InChI is InChI=1S/C9H17NO5S/c11-8(5-9(12)13)6-10-7-1-3-16(14,15)4-2-7/h7-8,10-11H,1-6H2,(H,12,13). The molecule has 1 rings (SSSR count). The lowest BCUT2D eigenvalue weighted by Gasteiger charge is -2.24. The topological polar surface area (TPSA) is 104 Å². The van der Waals surface area contributed by atoms with Crippen LogP contribution in [0, 0.1) is 0 Å². The van der Waals surface area contributed by atoms with Crippen molar-refractivity contribution in [2.24, 2.45) is 0 Å². The maximum atomic E-state index is 11.1. The molecule has 0 saturated carbocycles. The maximum Gasteiger partial charge on any atom is 0.306 e. The minimum Gasteiger partial charge on any atom is -0.481 e. The monoisotopic (exact) mass is 251 g/mol. The molecule has 1 aliphatic heterocycles. The van der Waals surface area contributed by atoms with Gasteiger partial charge >= 0.3 is 5.97 Å². The third kappa shape index (κ3) is 4.91. The zero-order chi connectivity index (χ0) is 12.2. The number of hydrogen-bond donors (Lipinski definition) is 3. The average Bonchev–Trinajstić information content (AvgIpc) is 2.15. The van der Waals surface area contributed by atoms with Crippen molar-refractivity contribution in [1.29, 1.82) is 0 Å². The Morgan fingerprint density at radius 2 is 1.94 bits per heavy atom. The average molecular weight is 251 g/mol. The first kappa shape index (κ1) is 13.4.